The molecule has 0 amide bonds. The molecule has 0 aromatic carbocycles. The summed E-state index contributed by atoms with van der Waals surface area (Å²) in [5.41, 5.74) is 2.28. The Morgan fingerprint density at radius 1 is 1.16 bits per heavy atom. The molecule has 0 aromatic heterocycles. The molecule has 25 heavy (non-hydrogen) atoms. The molecule has 1 unspecified atom stereocenters. The molecule has 0 saturated carbocycles. The van der Waals surface area contributed by atoms with E-state index in [2.05, 4.69) is 0 Å². The van der Waals surface area contributed by atoms with E-state index < -0.39 is 5.97 Å². The van der Waals surface area contributed by atoms with E-state index in [0.29, 0.717) is 17.6 Å². The van der Waals surface area contributed by atoms with Crippen molar-refractivity contribution in [3.05, 3.63) is 34.9 Å². The molecule has 1 aliphatic rings. The van der Waals surface area contributed by atoms with Gasteiger partial charge >= 0.3 is 5.97 Å². The molecule has 4 heteroatoms. The van der Waals surface area contributed by atoms with E-state index in [1.165, 1.54) is 12.7 Å². The van der Waals surface area contributed by atoms with Crippen molar-refractivity contribution >= 4 is 17.5 Å². The van der Waals surface area contributed by atoms with Crippen LogP contribution in [0.3, 0.4) is 0 Å². The van der Waals surface area contributed by atoms with E-state index in [0.717, 1.165) is 12.8 Å². The lowest BCUT2D eigenvalue weighted by Crippen LogP contribution is -2.25. The lowest BCUT2D eigenvalue weighted by molar-refractivity contribution is -0.137. The van der Waals surface area contributed by atoms with Crippen LogP contribution in [-0.2, 0) is 19.1 Å². The Morgan fingerprint density at radius 2 is 1.84 bits per heavy atom. The minimum Gasteiger partial charge on any atom is -0.466 e. The number of methoxy groups -OCH3 is 1. The molecule has 138 valence electrons. The first-order valence-corrected chi connectivity index (χ1v) is 8.91. The summed E-state index contributed by atoms with van der Waals surface area (Å²) in [6, 6.07) is 0. The molecule has 0 saturated heterocycles. The van der Waals surface area contributed by atoms with Crippen LogP contribution in [0.25, 0.3) is 0 Å². The van der Waals surface area contributed by atoms with Crippen molar-refractivity contribution in [1.82, 2.24) is 0 Å². The van der Waals surface area contributed by atoms with E-state index in [9.17, 15) is 14.4 Å². The van der Waals surface area contributed by atoms with Crippen molar-refractivity contribution in [2.75, 3.05) is 7.11 Å². The third-order valence-corrected chi connectivity index (χ3v) is 4.70. The average molecular weight is 346 g/mol. The van der Waals surface area contributed by atoms with Gasteiger partial charge in [-0.05, 0) is 44.6 Å². The Labute approximate surface area is 151 Å². The van der Waals surface area contributed by atoms with Gasteiger partial charge in [0.25, 0.3) is 0 Å². The summed E-state index contributed by atoms with van der Waals surface area (Å²) in [6.45, 7) is 7.72. The van der Waals surface area contributed by atoms with Gasteiger partial charge in [0.15, 0.2) is 5.78 Å². The van der Waals surface area contributed by atoms with Gasteiger partial charge in [-0.1, -0.05) is 37.6 Å². The maximum Gasteiger partial charge on any atom is 0.333 e. The highest BCUT2D eigenvalue weighted by molar-refractivity contribution is 6.00. The number of carbonyl (C=O) groups is 3. The first kappa shape index (κ1) is 21.1. The lowest BCUT2D eigenvalue weighted by atomic mass is 9.83. The number of allylic oxidation sites excluding steroid dienone is 5. The fraction of sp³-hybridized carbons (Fsp3) is 0.571. The average Bonchev–Trinajstić information content (AvgIpc) is 2.56. The molecule has 1 aliphatic carbocycles. The third kappa shape index (κ3) is 6.81. The van der Waals surface area contributed by atoms with Crippen LogP contribution < -0.4 is 0 Å². The van der Waals surface area contributed by atoms with Crippen LogP contribution in [0.1, 0.15) is 59.8 Å². The highest BCUT2D eigenvalue weighted by Gasteiger charge is 2.27. The van der Waals surface area contributed by atoms with Gasteiger partial charge in [0.2, 0.25) is 0 Å². The summed E-state index contributed by atoms with van der Waals surface area (Å²) in [4.78, 5) is 37.2. The fourth-order valence-corrected chi connectivity index (χ4v) is 2.89. The Bertz CT molecular complexity index is 605. The number of ketones is 2. The summed E-state index contributed by atoms with van der Waals surface area (Å²) in [5.74, 6) is -0.890. The van der Waals surface area contributed by atoms with Gasteiger partial charge in [-0.15, -0.1) is 0 Å². The van der Waals surface area contributed by atoms with E-state index >= 15 is 0 Å². The molecule has 0 N–H and O–H groups in total. The zero-order valence-electron chi connectivity index (χ0n) is 16.1. The molecule has 0 heterocycles. The van der Waals surface area contributed by atoms with Crippen LogP contribution in [0, 0.1) is 11.8 Å². The minimum atomic E-state index is -0.476. The highest BCUT2D eigenvalue weighted by atomic mass is 16.5. The van der Waals surface area contributed by atoms with Gasteiger partial charge in [0.05, 0.1) is 7.11 Å². The molecule has 0 bridgehead atoms. The van der Waals surface area contributed by atoms with E-state index in [1.54, 1.807) is 6.08 Å². The minimum absolute atomic E-state index is 0.00865. The SMILES string of the molecule is COC(=O)C1=CCC=C(C)CCC=C(C)C(=O)CC(C(C)C)C(=O)C1. The molecular formula is C21H30O4. The molecule has 0 fully saturated rings. The van der Waals surface area contributed by atoms with Crippen molar-refractivity contribution in [2.24, 2.45) is 11.8 Å². The summed E-state index contributed by atoms with van der Waals surface area (Å²) in [5, 5.41) is 0. The molecule has 4 nitrogen and oxygen atoms in total. The zero-order valence-corrected chi connectivity index (χ0v) is 16.1. The van der Waals surface area contributed by atoms with Crippen LogP contribution in [0.5, 0.6) is 0 Å². The number of Topliss-reactive ketones (excluding diaryl/α,β-unsaturated/α-hetero) is 2. The lowest BCUT2D eigenvalue weighted by Gasteiger charge is -2.20. The van der Waals surface area contributed by atoms with Crippen LogP contribution in [0.15, 0.2) is 34.9 Å². The Hall–Kier alpha value is -1.97. The van der Waals surface area contributed by atoms with Gasteiger partial charge in [-0.25, -0.2) is 4.79 Å². The highest BCUT2D eigenvalue weighted by Crippen LogP contribution is 2.23. The normalized spacial score (nSPS) is 21.2. The summed E-state index contributed by atoms with van der Waals surface area (Å²) in [7, 11) is 1.32. The van der Waals surface area contributed by atoms with Gasteiger partial charge in [0.1, 0.15) is 5.78 Å². The molecule has 0 radical (unpaired) electrons. The molecular weight excluding hydrogens is 316 g/mol. The van der Waals surface area contributed by atoms with Crippen LogP contribution >= 0.6 is 0 Å². The van der Waals surface area contributed by atoms with Crippen molar-refractivity contribution in [1.29, 1.82) is 0 Å². The van der Waals surface area contributed by atoms with Crippen LogP contribution in [0.4, 0.5) is 0 Å². The second-order valence-corrected chi connectivity index (χ2v) is 7.05. The number of hydrogen-bond donors (Lipinski definition) is 0. The van der Waals surface area contributed by atoms with Crippen molar-refractivity contribution < 1.29 is 19.1 Å². The standard InChI is InChI=1S/C21H30O4/c1-14(2)18-13-19(22)16(4)10-6-8-15(3)9-7-11-17(12-20(18)23)21(24)25-5/h9-11,14,18H,6-8,12-13H2,1-5H3. The maximum absolute atomic E-state index is 12.7. The number of rotatable bonds is 2. The number of hydrogen-bond acceptors (Lipinski definition) is 4. The predicted octanol–water partition coefficient (Wildman–Crippen LogP) is 4.35. The summed E-state index contributed by atoms with van der Waals surface area (Å²) < 4.78 is 4.81. The molecule has 0 spiro atoms. The maximum atomic E-state index is 12.7. The number of esters is 1. The Kier molecular flexibility index (Phi) is 8.53. The van der Waals surface area contributed by atoms with Crippen molar-refractivity contribution in [2.45, 2.75) is 59.8 Å². The van der Waals surface area contributed by atoms with E-state index in [1.807, 2.05) is 39.8 Å². The molecule has 1 rings (SSSR count). The molecule has 1 atom stereocenters. The largest absolute Gasteiger partial charge is 0.466 e. The van der Waals surface area contributed by atoms with Crippen LogP contribution in [-0.4, -0.2) is 24.6 Å². The van der Waals surface area contributed by atoms with E-state index in [-0.39, 0.29) is 36.2 Å². The smallest absolute Gasteiger partial charge is 0.333 e. The van der Waals surface area contributed by atoms with Crippen molar-refractivity contribution in [3.63, 3.8) is 0 Å². The quantitative estimate of drug-likeness (QED) is 0.551. The van der Waals surface area contributed by atoms with Gasteiger partial charge < -0.3 is 4.74 Å². The Morgan fingerprint density at radius 3 is 2.44 bits per heavy atom. The third-order valence-electron chi connectivity index (χ3n) is 4.70. The van der Waals surface area contributed by atoms with Gasteiger partial charge in [0, 0.05) is 24.3 Å². The summed E-state index contributed by atoms with van der Waals surface area (Å²) >= 11 is 0. The van der Waals surface area contributed by atoms with Gasteiger partial charge in [-0.2, -0.15) is 0 Å². The number of ether oxygens (including phenoxy) is 1. The zero-order chi connectivity index (χ0) is 19.0. The van der Waals surface area contributed by atoms with Crippen LogP contribution in [0.2, 0.25) is 0 Å². The first-order chi connectivity index (χ1) is 11.8. The molecule has 0 aliphatic heterocycles. The topological polar surface area (TPSA) is 60.4 Å². The van der Waals surface area contributed by atoms with Gasteiger partial charge in [-0.3, -0.25) is 9.59 Å². The monoisotopic (exact) mass is 346 g/mol. The number of carbonyl (C=O) groups excluding carboxylic acids is 3. The van der Waals surface area contributed by atoms with E-state index in [4.69, 9.17) is 4.74 Å². The fourth-order valence-electron chi connectivity index (χ4n) is 2.89. The first-order valence-electron chi connectivity index (χ1n) is 8.91. The predicted molar refractivity (Wildman–Crippen MR) is 99.0 cm³/mol. The van der Waals surface area contributed by atoms with Crippen molar-refractivity contribution in [3.8, 4) is 0 Å². The Balaban J connectivity index is 3.18. The second-order valence-electron chi connectivity index (χ2n) is 7.05. The summed E-state index contributed by atoms with van der Waals surface area (Å²) in [6.07, 6.45) is 8.25. The second kappa shape index (κ2) is 10.1. The molecule has 0 aromatic rings.